The van der Waals surface area contributed by atoms with E-state index in [4.69, 9.17) is 9.47 Å². The Kier molecular flexibility index (Phi) is 6.43. The van der Waals surface area contributed by atoms with Crippen molar-refractivity contribution in [2.75, 3.05) is 19.0 Å². The van der Waals surface area contributed by atoms with E-state index in [0.29, 0.717) is 18.1 Å². The minimum absolute atomic E-state index is 0.222. The summed E-state index contributed by atoms with van der Waals surface area (Å²) in [7, 11) is 0. The first kappa shape index (κ1) is 16.5. The molecule has 22 heavy (non-hydrogen) atoms. The van der Waals surface area contributed by atoms with E-state index in [-0.39, 0.29) is 12.4 Å². The lowest BCUT2D eigenvalue weighted by molar-refractivity contribution is 0.126. The molecule has 0 aromatic heterocycles. The molecule has 1 atom stereocenters. The lowest BCUT2D eigenvalue weighted by Gasteiger charge is -2.12. The van der Waals surface area contributed by atoms with E-state index in [1.54, 1.807) is 18.2 Å². The molecule has 5 heteroatoms. The van der Waals surface area contributed by atoms with Crippen molar-refractivity contribution >= 4 is 11.8 Å². The van der Waals surface area contributed by atoms with Crippen LogP contribution in [0.15, 0.2) is 53.4 Å². The van der Waals surface area contributed by atoms with E-state index in [9.17, 15) is 10.2 Å². The van der Waals surface area contributed by atoms with Crippen LogP contribution in [0.2, 0.25) is 0 Å². The topological polar surface area (TPSA) is 58.9 Å². The maximum absolute atomic E-state index is 9.95. The average Bonchev–Trinajstić information content (AvgIpc) is 2.53. The highest BCUT2D eigenvalue weighted by Gasteiger charge is 2.07. The second-order valence-corrected chi connectivity index (χ2v) is 5.77. The molecule has 4 nitrogen and oxygen atoms in total. The molecule has 0 amide bonds. The van der Waals surface area contributed by atoms with Gasteiger partial charge in [-0.05, 0) is 49.4 Å². The van der Waals surface area contributed by atoms with Crippen LogP contribution >= 0.6 is 11.8 Å². The van der Waals surface area contributed by atoms with Crippen molar-refractivity contribution in [2.45, 2.75) is 17.9 Å². The van der Waals surface area contributed by atoms with E-state index in [1.165, 1.54) is 11.8 Å². The minimum atomic E-state index is -0.584. The number of ether oxygens (including phenoxy) is 2. The molecular formula is C17H20O4S. The maximum atomic E-state index is 9.95. The number of aromatic hydroxyl groups is 1. The SMILES string of the molecule is CCOc1ccc(OCC(O)CSc2cccc(O)c2)cc1. The second kappa shape index (κ2) is 8.56. The van der Waals surface area contributed by atoms with Crippen molar-refractivity contribution in [1.29, 1.82) is 0 Å². The molecule has 0 heterocycles. The standard InChI is InChI=1S/C17H20O4S/c1-2-20-15-6-8-16(9-7-15)21-11-14(19)12-22-17-5-3-4-13(18)10-17/h3-10,14,18-19H,2,11-12H2,1H3. The van der Waals surface area contributed by atoms with Gasteiger partial charge in [0.15, 0.2) is 0 Å². The summed E-state index contributed by atoms with van der Waals surface area (Å²) in [6, 6.07) is 14.3. The molecule has 0 aliphatic rings. The summed E-state index contributed by atoms with van der Waals surface area (Å²) in [5.74, 6) is 2.23. The molecule has 0 spiro atoms. The zero-order chi connectivity index (χ0) is 15.8. The number of aliphatic hydroxyl groups is 1. The van der Waals surface area contributed by atoms with Gasteiger partial charge in [0.1, 0.15) is 23.9 Å². The Balaban J connectivity index is 1.74. The van der Waals surface area contributed by atoms with Crippen molar-refractivity contribution in [3.05, 3.63) is 48.5 Å². The van der Waals surface area contributed by atoms with Crippen molar-refractivity contribution in [3.63, 3.8) is 0 Å². The highest BCUT2D eigenvalue weighted by atomic mass is 32.2. The third-order valence-corrected chi connectivity index (χ3v) is 3.98. The molecule has 0 aliphatic carbocycles. The van der Waals surface area contributed by atoms with Gasteiger partial charge in [-0.1, -0.05) is 6.07 Å². The second-order valence-electron chi connectivity index (χ2n) is 4.68. The van der Waals surface area contributed by atoms with Gasteiger partial charge in [-0.2, -0.15) is 0 Å². The first-order valence-electron chi connectivity index (χ1n) is 7.13. The molecule has 1 unspecified atom stereocenters. The van der Waals surface area contributed by atoms with Gasteiger partial charge in [0.05, 0.1) is 12.7 Å². The Morgan fingerprint density at radius 2 is 1.73 bits per heavy atom. The third-order valence-electron chi connectivity index (χ3n) is 2.84. The summed E-state index contributed by atoms with van der Waals surface area (Å²) >= 11 is 1.48. The molecule has 2 aromatic rings. The first-order valence-corrected chi connectivity index (χ1v) is 8.11. The molecule has 2 rings (SSSR count). The fourth-order valence-electron chi connectivity index (χ4n) is 1.81. The van der Waals surface area contributed by atoms with E-state index in [1.807, 2.05) is 37.3 Å². The van der Waals surface area contributed by atoms with Gasteiger partial charge >= 0.3 is 0 Å². The number of phenols is 1. The Morgan fingerprint density at radius 1 is 1.05 bits per heavy atom. The maximum Gasteiger partial charge on any atom is 0.119 e. The quantitative estimate of drug-likeness (QED) is 0.731. The van der Waals surface area contributed by atoms with Crippen LogP contribution in [0.1, 0.15) is 6.92 Å². The summed E-state index contributed by atoms with van der Waals surface area (Å²) in [4.78, 5) is 0.917. The molecule has 2 aromatic carbocycles. The number of thioether (sulfide) groups is 1. The predicted octanol–water partition coefficient (Wildman–Crippen LogP) is 3.32. The van der Waals surface area contributed by atoms with Crippen LogP contribution < -0.4 is 9.47 Å². The molecule has 0 saturated heterocycles. The van der Waals surface area contributed by atoms with Crippen LogP contribution in [0.3, 0.4) is 0 Å². The third kappa shape index (κ3) is 5.50. The van der Waals surface area contributed by atoms with Gasteiger partial charge in [-0.25, -0.2) is 0 Å². The van der Waals surface area contributed by atoms with E-state index in [0.717, 1.165) is 10.6 Å². The van der Waals surface area contributed by atoms with Gasteiger partial charge in [0.25, 0.3) is 0 Å². The van der Waals surface area contributed by atoms with Crippen LogP contribution in [0.5, 0.6) is 17.2 Å². The van der Waals surface area contributed by atoms with E-state index in [2.05, 4.69) is 0 Å². The van der Waals surface area contributed by atoms with Crippen LogP contribution in [0, 0.1) is 0 Å². The molecule has 0 bridgehead atoms. The molecule has 0 saturated carbocycles. The number of phenolic OH excluding ortho intramolecular Hbond substituents is 1. The predicted molar refractivity (Wildman–Crippen MR) is 87.9 cm³/mol. The lowest BCUT2D eigenvalue weighted by Crippen LogP contribution is -2.20. The summed E-state index contributed by atoms with van der Waals surface area (Å²) < 4.78 is 10.9. The van der Waals surface area contributed by atoms with E-state index < -0.39 is 6.10 Å². The molecule has 118 valence electrons. The fraction of sp³-hybridized carbons (Fsp3) is 0.294. The number of aliphatic hydroxyl groups excluding tert-OH is 1. The Bertz CT molecular complexity index is 571. The summed E-state index contributed by atoms with van der Waals surface area (Å²) in [6.45, 7) is 2.79. The van der Waals surface area contributed by atoms with Crippen molar-refractivity contribution in [2.24, 2.45) is 0 Å². The van der Waals surface area contributed by atoms with Crippen molar-refractivity contribution in [1.82, 2.24) is 0 Å². The largest absolute Gasteiger partial charge is 0.508 e. The number of benzene rings is 2. The van der Waals surface area contributed by atoms with Gasteiger partial charge < -0.3 is 19.7 Å². The van der Waals surface area contributed by atoms with E-state index >= 15 is 0 Å². The van der Waals surface area contributed by atoms with Crippen LogP contribution in [0.25, 0.3) is 0 Å². The fourth-order valence-corrected chi connectivity index (χ4v) is 2.66. The highest BCUT2D eigenvalue weighted by molar-refractivity contribution is 7.99. The zero-order valence-electron chi connectivity index (χ0n) is 12.4. The monoisotopic (exact) mass is 320 g/mol. The van der Waals surface area contributed by atoms with Crippen molar-refractivity contribution < 1.29 is 19.7 Å². The normalized spacial score (nSPS) is 11.9. The van der Waals surface area contributed by atoms with Gasteiger partial charge in [-0.15, -0.1) is 11.8 Å². The summed E-state index contributed by atoms with van der Waals surface area (Å²) in [5.41, 5.74) is 0. The van der Waals surface area contributed by atoms with Crippen LogP contribution in [0.4, 0.5) is 0 Å². The van der Waals surface area contributed by atoms with Crippen LogP contribution in [-0.2, 0) is 0 Å². The molecular weight excluding hydrogens is 300 g/mol. The average molecular weight is 320 g/mol. The first-order chi connectivity index (χ1) is 10.7. The molecule has 2 N–H and O–H groups in total. The van der Waals surface area contributed by atoms with Gasteiger partial charge in [0.2, 0.25) is 0 Å². The Hall–Kier alpha value is -1.85. The number of rotatable bonds is 8. The minimum Gasteiger partial charge on any atom is -0.508 e. The molecule has 0 radical (unpaired) electrons. The number of hydrogen-bond acceptors (Lipinski definition) is 5. The van der Waals surface area contributed by atoms with Gasteiger partial charge in [-0.3, -0.25) is 0 Å². The summed E-state index contributed by atoms with van der Waals surface area (Å²) in [6.07, 6.45) is -0.584. The number of hydrogen-bond donors (Lipinski definition) is 2. The molecule has 0 fully saturated rings. The molecule has 0 aliphatic heterocycles. The van der Waals surface area contributed by atoms with Crippen LogP contribution in [-0.4, -0.2) is 35.3 Å². The lowest BCUT2D eigenvalue weighted by atomic mass is 10.3. The zero-order valence-corrected chi connectivity index (χ0v) is 13.3. The summed E-state index contributed by atoms with van der Waals surface area (Å²) in [5, 5.41) is 19.3. The highest BCUT2D eigenvalue weighted by Crippen LogP contribution is 2.23. The van der Waals surface area contributed by atoms with Gasteiger partial charge in [0, 0.05) is 10.6 Å². The smallest absolute Gasteiger partial charge is 0.119 e. The Morgan fingerprint density at radius 3 is 2.36 bits per heavy atom. The Labute approximate surface area is 134 Å². The van der Waals surface area contributed by atoms with Crippen molar-refractivity contribution in [3.8, 4) is 17.2 Å².